The van der Waals surface area contributed by atoms with E-state index in [0.717, 1.165) is 17.7 Å². The van der Waals surface area contributed by atoms with Crippen LogP contribution in [0.25, 0.3) is 0 Å². The van der Waals surface area contributed by atoms with Crippen LogP contribution in [0.4, 0.5) is 0 Å². The van der Waals surface area contributed by atoms with Crippen molar-refractivity contribution in [2.45, 2.75) is 56.6 Å². The number of carbonyl (C=O) groups excluding carboxylic acids is 1. The molecule has 114 valence electrons. The third-order valence-corrected chi connectivity index (χ3v) is 5.93. The van der Waals surface area contributed by atoms with Gasteiger partial charge in [0.25, 0.3) is 0 Å². The zero-order chi connectivity index (χ0) is 14.8. The minimum Gasteiger partial charge on any atom is -0.322 e. The molecule has 4 unspecified atom stereocenters. The molecule has 1 aliphatic carbocycles. The first-order valence-corrected chi connectivity index (χ1v) is 9.02. The molecule has 0 aromatic heterocycles. The number of nitrogens with one attached hydrogen (secondary N) is 1. The first-order valence-electron chi connectivity index (χ1n) is 7.97. The summed E-state index contributed by atoms with van der Waals surface area (Å²) in [6, 6.07) is 10.3. The zero-order valence-corrected chi connectivity index (χ0v) is 13.6. The summed E-state index contributed by atoms with van der Waals surface area (Å²) in [6.45, 7) is 4.33. The fourth-order valence-corrected chi connectivity index (χ4v) is 4.95. The second-order valence-corrected chi connectivity index (χ2v) is 7.44. The van der Waals surface area contributed by atoms with Crippen molar-refractivity contribution in [2.75, 3.05) is 5.75 Å². The van der Waals surface area contributed by atoms with E-state index in [1.807, 2.05) is 42.1 Å². The van der Waals surface area contributed by atoms with Crippen molar-refractivity contribution in [3.8, 4) is 0 Å². The maximum absolute atomic E-state index is 12.9. The molecule has 2 fully saturated rings. The van der Waals surface area contributed by atoms with Crippen LogP contribution in [0.3, 0.4) is 0 Å². The van der Waals surface area contributed by atoms with Crippen LogP contribution in [-0.4, -0.2) is 34.0 Å². The Morgan fingerprint density at radius 1 is 1.29 bits per heavy atom. The van der Waals surface area contributed by atoms with Crippen molar-refractivity contribution < 1.29 is 4.79 Å². The topological polar surface area (TPSA) is 32.3 Å². The largest absolute Gasteiger partial charge is 0.322 e. The molecule has 0 radical (unpaired) electrons. The van der Waals surface area contributed by atoms with Gasteiger partial charge >= 0.3 is 0 Å². The zero-order valence-electron chi connectivity index (χ0n) is 12.8. The van der Waals surface area contributed by atoms with Gasteiger partial charge in [0.1, 0.15) is 6.04 Å². The molecule has 3 rings (SSSR count). The monoisotopic (exact) mass is 304 g/mol. The van der Waals surface area contributed by atoms with E-state index in [9.17, 15) is 4.79 Å². The van der Waals surface area contributed by atoms with E-state index in [2.05, 4.69) is 24.1 Å². The molecule has 1 aromatic rings. The minimum absolute atomic E-state index is 0.130. The highest BCUT2D eigenvalue weighted by Crippen LogP contribution is 2.37. The Morgan fingerprint density at radius 3 is 2.76 bits per heavy atom. The molecule has 1 N–H and O–H groups in total. The highest BCUT2D eigenvalue weighted by atomic mass is 32.2. The van der Waals surface area contributed by atoms with E-state index in [0.29, 0.717) is 11.3 Å². The van der Waals surface area contributed by atoms with Gasteiger partial charge in [0.15, 0.2) is 0 Å². The van der Waals surface area contributed by atoms with E-state index < -0.39 is 0 Å². The molecule has 1 saturated heterocycles. The lowest BCUT2D eigenvalue weighted by Crippen LogP contribution is -2.45. The molecule has 1 aliphatic heterocycles. The predicted octanol–water partition coefficient (Wildman–Crippen LogP) is 3.18. The number of amides is 1. The van der Waals surface area contributed by atoms with Gasteiger partial charge in [-0.1, -0.05) is 43.7 Å². The molecule has 1 saturated carbocycles. The molecule has 1 amide bonds. The summed E-state index contributed by atoms with van der Waals surface area (Å²) in [5.74, 6) is 1.38. The van der Waals surface area contributed by atoms with Crippen LogP contribution >= 0.6 is 11.8 Å². The summed E-state index contributed by atoms with van der Waals surface area (Å²) >= 11 is 2.01. The van der Waals surface area contributed by atoms with Crippen LogP contribution in [0.1, 0.15) is 44.7 Å². The van der Waals surface area contributed by atoms with E-state index in [-0.39, 0.29) is 18.1 Å². The lowest BCUT2D eigenvalue weighted by atomic mass is 10.1. The van der Waals surface area contributed by atoms with Crippen molar-refractivity contribution in [1.29, 1.82) is 0 Å². The highest BCUT2D eigenvalue weighted by Gasteiger charge is 2.44. The third kappa shape index (κ3) is 2.84. The van der Waals surface area contributed by atoms with Gasteiger partial charge in [-0.3, -0.25) is 10.1 Å². The molecular weight excluding hydrogens is 280 g/mol. The highest BCUT2D eigenvalue weighted by molar-refractivity contribution is 7.99. The van der Waals surface area contributed by atoms with Crippen LogP contribution in [0, 0.1) is 0 Å². The standard InChI is InChI=1S/C17H24N2OS/c1-3-21-15-11-7-10-14(15)19-12(2)18-16(17(19)20)13-8-5-4-6-9-13/h4-6,8-9,12,14-16,18H,3,7,10-11H2,1-2H3. The minimum atomic E-state index is -0.172. The van der Waals surface area contributed by atoms with Crippen LogP contribution in [-0.2, 0) is 4.79 Å². The molecular formula is C17H24N2OS. The summed E-state index contributed by atoms with van der Waals surface area (Å²) in [6.07, 6.45) is 3.77. The van der Waals surface area contributed by atoms with E-state index in [4.69, 9.17) is 0 Å². The van der Waals surface area contributed by atoms with Gasteiger partial charge in [-0.05, 0) is 31.1 Å². The first kappa shape index (κ1) is 14.9. The van der Waals surface area contributed by atoms with Gasteiger partial charge in [0.05, 0.1) is 6.17 Å². The molecule has 4 heteroatoms. The molecule has 0 bridgehead atoms. The average molecular weight is 304 g/mol. The van der Waals surface area contributed by atoms with Crippen LogP contribution in [0.15, 0.2) is 30.3 Å². The number of rotatable bonds is 4. The Kier molecular flexibility index (Phi) is 4.55. The molecule has 21 heavy (non-hydrogen) atoms. The van der Waals surface area contributed by atoms with Crippen LogP contribution < -0.4 is 5.32 Å². The van der Waals surface area contributed by atoms with Crippen molar-refractivity contribution >= 4 is 17.7 Å². The van der Waals surface area contributed by atoms with Crippen LogP contribution in [0.5, 0.6) is 0 Å². The molecule has 2 aliphatic rings. The Hall–Kier alpha value is -1.00. The third-order valence-electron chi connectivity index (χ3n) is 4.62. The predicted molar refractivity (Wildman–Crippen MR) is 88.2 cm³/mol. The van der Waals surface area contributed by atoms with Gasteiger partial charge in [0.2, 0.25) is 5.91 Å². The molecule has 4 atom stereocenters. The maximum atomic E-state index is 12.9. The van der Waals surface area contributed by atoms with Crippen molar-refractivity contribution in [3.63, 3.8) is 0 Å². The second kappa shape index (κ2) is 6.41. The Labute approximate surface area is 131 Å². The van der Waals surface area contributed by atoms with Gasteiger partial charge in [-0.25, -0.2) is 0 Å². The smallest absolute Gasteiger partial charge is 0.245 e. The summed E-state index contributed by atoms with van der Waals surface area (Å²) in [7, 11) is 0. The summed E-state index contributed by atoms with van der Waals surface area (Å²) in [4.78, 5) is 15.0. The fraction of sp³-hybridized carbons (Fsp3) is 0.588. The van der Waals surface area contributed by atoms with Gasteiger partial charge < -0.3 is 4.90 Å². The molecule has 1 heterocycles. The summed E-state index contributed by atoms with van der Waals surface area (Å²) in [5, 5.41) is 4.09. The summed E-state index contributed by atoms with van der Waals surface area (Å²) < 4.78 is 0. The number of benzene rings is 1. The number of hydrogen-bond acceptors (Lipinski definition) is 3. The van der Waals surface area contributed by atoms with E-state index >= 15 is 0 Å². The molecule has 0 spiro atoms. The van der Waals surface area contributed by atoms with Crippen molar-refractivity contribution in [2.24, 2.45) is 0 Å². The summed E-state index contributed by atoms with van der Waals surface area (Å²) in [5.41, 5.74) is 1.08. The van der Waals surface area contributed by atoms with Gasteiger partial charge in [-0.15, -0.1) is 0 Å². The van der Waals surface area contributed by atoms with Gasteiger partial charge in [-0.2, -0.15) is 11.8 Å². The van der Waals surface area contributed by atoms with Crippen LogP contribution in [0.2, 0.25) is 0 Å². The lowest BCUT2D eigenvalue weighted by Gasteiger charge is -2.32. The quantitative estimate of drug-likeness (QED) is 0.927. The Bertz CT molecular complexity index is 493. The normalized spacial score (nSPS) is 32.9. The number of thioether (sulfide) groups is 1. The number of carbonyl (C=O) groups is 1. The number of nitrogens with zero attached hydrogens (tertiary/aromatic N) is 1. The van der Waals surface area contributed by atoms with Crippen molar-refractivity contribution in [3.05, 3.63) is 35.9 Å². The maximum Gasteiger partial charge on any atom is 0.245 e. The lowest BCUT2D eigenvalue weighted by molar-refractivity contribution is -0.132. The van der Waals surface area contributed by atoms with E-state index in [1.165, 1.54) is 12.8 Å². The average Bonchev–Trinajstić information content (AvgIpc) is 3.05. The SMILES string of the molecule is CCSC1CCCC1N1C(=O)C(c2ccccc2)NC1C. The first-order chi connectivity index (χ1) is 10.2. The Balaban J connectivity index is 1.79. The van der Waals surface area contributed by atoms with Gasteiger partial charge in [0, 0.05) is 11.3 Å². The van der Waals surface area contributed by atoms with E-state index in [1.54, 1.807) is 0 Å². The second-order valence-electron chi connectivity index (χ2n) is 5.92. The molecule has 3 nitrogen and oxygen atoms in total. The fourth-order valence-electron chi connectivity index (χ4n) is 3.70. The molecule has 1 aromatic carbocycles. The van der Waals surface area contributed by atoms with Crippen molar-refractivity contribution in [1.82, 2.24) is 10.2 Å². The Morgan fingerprint density at radius 2 is 2.05 bits per heavy atom. The number of hydrogen-bond donors (Lipinski definition) is 1.